The molecule has 0 aromatic heterocycles. The van der Waals surface area contributed by atoms with Gasteiger partial charge >= 0.3 is 0 Å². The molecule has 1 aliphatic heterocycles. The fraction of sp³-hybridized carbons (Fsp3) is 0.727. The summed E-state index contributed by atoms with van der Waals surface area (Å²) in [5, 5.41) is 6.01. The Bertz CT molecular complexity index is 230. The number of nitrogens with one attached hydrogen (secondary N) is 2. The third kappa shape index (κ3) is 3.04. The fourth-order valence-electron chi connectivity index (χ4n) is 2.01. The topological polar surface area (TPSA) is 44.4 Å². The summed E-state index contributed by atoms with van der Waals surface area (Å²) in [5.74, 6) is 0.121. The Kier molecular flexibility index (Phi) is 4.78. The van der Waals surface area contributed by atoms with E-state index in [0.29, 0.717) is 12.6 Å². The van der Waals surface area contributed by atoms with Crippen LogP contribution < -0.4 is 10.6 Å². The van der Waals surface area contributed by atoms with E-state index in [9.17, 15) is 4.79 Å². The molecule has 2 unspecified atom stereocenters. The Labute approximate surface area is 91.7 Å². The zero-order valence-electron chi connectivity index (χ0n) is 9.62. The van der Waals surface area contributed by atoms with Crippen molar-refractivity contribution in [3.63, 3.8) is 0 Å². The first-order valence-corrected chi connectivity index (χ1v) is 5.49. The molecule has 0 aromatic rings. The number of rotatable bonds is 4. The number of carbonyl (C=O) groups is 1. The first kappa shape index (κ1) is 12.2. The minimum absolute atomic E-state index is 0.0782. The van der Waals surface area contributed by atoms with Crippen LogP contribution in [0, 0.1) is 0 Å². The van der Waals surface area contributed by atoms with Crippen LogP contribution in [0.5, 0.6) is 0 Å². The lowest BCUT2D eigenvalue weighted by Crippen LogP contribution is -2.51. The molecule has 0 aromatic carbocycles. The highest BCUT2D eigenvalue weighted by molar-refractivity contribution is 5.82. The number of likely N-dealkylation sites (N-methyl/N-ethyl adjacent to an activating group) is 1. The molecular weight excluding hydrogens is 190 g/mol. The molecule has 15 heavy (non-hydrogen) atoms. The van der Waals surface area contributed by atoms with E-state index in [1.807, 2.05) is 13.1 Å². The van der Waals surface area contributed by atoms with Crippen LogP contribution >= 0.6 is 0 Å². The van der Waals surface area contributed by atoms with Gasteiger partial charge in [0, 0.05) is 25.7 Å². The summed E-state index contributed by atoms with van der Waals surface area (Å²) in [6.45, 7) is 8.13. The number of amides is 1. The SMILES string of the molecule is C=CCN1C(C)CCNC(=O)C1CNC. The van der Waals surface area contributed by atoms with Crippen molar-refractivity contribution in [3.05, 3.63) is 12.7 Å². The zero-order chi connectivity index (χ0) is 11.3. The van der Waals surface area contributed by atoms with Crippen LogP contribution in [-0.4, -0.2) is 49.6 Å². The van der Waals surface area contributed by atoms with Crippen LogP contribution in [0.2, 0.25) is 0 Å². The summed E-state index contributed by atoms with van der Waals surface area (Å²) in [4.78, 5) is 14.0. The van der Waals surface area contributed by atoms with Gasteiger partial charge < -0.3 is 10.6 Å². The average molecular weight is 211 g/mol. The van der Waals surface area contributed by atoms with Crippen LogP contribution in [0.1, 0.15) is 13.3 Å². The number of hydrogen-bond acceptors (Lipinski definition) is 3. The molecular formula is C11H21N3O. The summed E-state index contributed by atoms with van der Waals surface area (Å²) in [6, 6.07) is 0.339. The van der Waals surface area contributed by atoms with Crippen molar-refractivity contribution < 1.29 is 4.79 Å². The van der Waals surface area contributed by atoms with Crippen molar-refractivity contribution in [2.75, 3.05) is 26.7 Å². The van der Waals surface area contributed by atoms with Gasteiger partial charge in [0.15, 0.2) is 0 Å². The highest BCUT2D eigenvalue weighted by Crippen LogP contribution is 2.12. The Hall–Kier alpha value is -0.870. The molecule has 1 amide bonds. The Morgan fingerprint density at radius 1 is 1.73 bits per heavy atom. The lowest BCUT2D eigenvalue weighted by Gasteiger charge is -2.31. The summed E-state index contributed by atoms with van der Waals surface area (Å²) in [6.07, 6.45) is 2.86. The minimum Gasteiger partial charge on any atom is -0.355 e. The van der Waals surface area contributed by atoms with Gasteiger partial charge in [-0.25, -0.2) is 0 Å². The summed E-state index contributed by atoms with van der Waals surface area (Å²) in [5.41, 5.74) is 0. The standard InChI is InChI=1S/C11H21N3O/c1-4-7-14-9(2)5-6-13-11(15)10(14)8-12-3/h4,9-10,12H,1,5-8H2,2-3H3,(H,13,15). The van der Waals surface area contributed by atoms with Crippen molar-refractivity contribution in [1.29, 1.82) is 0 Å². The van der Waals surface area contributed by atoms with Gasteiger partial charge in [-0.2, -0.15) is 0 Å². The van der Waals surface area contributed by atoms with Crippen LogP contribution in [0.3, 0.4) is 0 Å². The van der Waals surface area contributed by atoms with Gasteiger partial charge in [-0.05, 0) is 20.4 Å². The molecule has 1 fully saturated rings. The van der Waals surface area contributed by atoms with Gasteiger partial charge in [0.05, 0.1) is 0 Å². The third-order valence-corrected chi connectivity index (χ3v) is 2.87. The smallest absolute Gasteiger partial charge is 0.238 e. The molecule has 0 saturated carbocycles. The monoisotopic (exact) mass is 211 g/mol. The second-order valence-electron chi connectivity index (χ2n) is 3.99. The second-order valence-corrected chi connectivity index (χ2v) is 3.99. The van der Waals surface area contributed by atoms with E-state index in [1.54, 1.807) is 0 Å². The van der Waals surface area contributed by atoms with Crippen molar-refractivity contribution >= 4 is 5.91 Å². The molecule has 4 heteroatoms. The largest absolute Gasteiger partial charge is 0.355 e. The molecule has 4 nitrogen and oxygen atoms in total. The van der Waals surface area contributed by atoms with Crippen molar-refractivity contribution in [2.45, 2.75) is 25.4 Å². The highest BCUT2D eigenvalue weighted by Gasteiger charge is 2.30. The molecule has 0 aliphatic carbocycles. The zero-order valence-corrected chi connectivity index (χ0v) is 9.62. The first-order valence-electron chi connectivity index (χ1n) is 5.49. The lowest BCUT2D eigenvalue weighted by molar-refractivity contribution is -0.125. The molecule has 1 heterocycles. The molecule has 1 saturated heterocycles. The van der Waals surface area contributed by atoms with Gasteiger partial charge in [0.1, 0.15) is 6.04 Å². The molecule has 86 valence electrons. The van der Waals surface area contributed by atoms with E-state index in [1.165, 1.54) is 0 Å². The van der Waals surface area contributed by atoms with Gasteiger partial charge in [-0.15, -0.1) is 6.58 Å². The van der Waals surface area contributed by atoms with Gasteiger partial charge in [-0.1, -0.05) is 6.08 Å². The van der Waals surface area contributed by atoms with Gasteiger partial charge in [-0.3, -0.25) is 9.69 Å². The Morgan fingerprint density at radius 3 is 3.07 bits per heavy atom. The summed E-state index contributed by atoms with van der Waals surface area (Å²) < 4.78 is 0. The predicted octanol–water partition coefficient (Wildman–Crippen LogP) is -0.0292. The maximum absolute atomic E-state index is 11.8. The number of carbonyl (C=O) groups excluding carboxylic acids is 1. The summed E-state index contributed by atoms with van der Waals surface area (Å²) >= 11 is 0. The fourth-order valence-corrected chi connectivity index (χ4v) is 2.01. The maximum Gasteiger partial charge on any atom is 0.238 e. The van der Waals surface area contributed by atoms with E-state index < -0.39 is 0 Å². The average Bonchev–Trinajstić information content (AvgIpc) is 2.33. The van der Waals surface area contributed by atoms with E-state index in [4.69, 9.17) is 0 Å². The third-order valence-electron chi connectivity index (χ3n) is 2.87. The van der Waals surface area contributed by atoms with E-state index in [-0.39, 0.29) is 11.9 Å². The normalized spacial score (nSPS) is 28.3. The first-order chi connectivity index (χ1) is 7.20. The van der Waals surface area contributed by atoms with Gasteiger partial charge in [0.2, 0.25) is 5.91 Å². The number of nitrogens with zero attached hydrogens (tertiary/aromatic N) is 1. The highest BCUT2D eigenvalue weighted by atomic mass is 16.2. The van der Waals surface area contributed by atoms with Crippen LogP contribution in [-0.2, 0) is 4.79 Å². The second kappa shape index (κ2) is 5.88. The molecule has 2 atom stereocenters. The predicted molar refractivity (Wildman–Crippen MR) is 61.7 cm³/mol. The molecule has 0 radical (unpaired) electrons. The maximum atomic E-state index is 11.8. The lowest BCUT2D eigenvalue weighted by atomic mass is 10.1. The Morgan fingerprint density at radius 2 is 2.47 bits per heavy atom. The van der Waals surface area contributed by atoms with E-state index in [0.717, 1.165) is 19.5 Å². The van der Waals surface area contributed by atoms with E-state index in [2.05, 4.69) is 29.0 Å². The van der Waals surface area contributed by atoms with Crippen molar-refractivity contribution in [2.24, 2.45) is 0 Å². The molecule has 1 aliphatic rings. The quantitative estimate of drug-likeness (QED) is 0.642. The van der Waals surface area contributed by atoms with Gasteiger partial charge in [0.25, 0.3) is 0 Å². The molecule has 2 N–H and O–H groups in total. The molecule has 1 rings (SSSR count). The van der Waals surface area contributed by atoms with Crippen LogP contribution in [0.25, 0.3) is 0 Å². The minimum atomic E-state index is -0.0782. The van der Waals surface area contributed by atoms with Crippen LogP contribution in [0.15, 0.2) is 12.7 Å². The van der Waals surface area contributed by atoms with E-state index >= 15 is 0 Å². The van der Waals surface area contributed by atoms with Crippen molar-refractivity contribution in [3.8, 4) is 0 Å². The van der Waals surface area contributed by atoms with Crippen LogP contribution in [0.4, 0.5) is 0 Å². The number of hydrogen-bond donors (Lipinski definition) is 2. The summed E-state index contributed by atoms with van der Waals surface area (Å²) in [7, 11) is 1.87. The molecule has 0 spiro atoms. The molecule has 0 bridgehead atoms. The Balaban J connectivity index is 2.78. The van der Waals surface area contributed by atoms with Crippen molar-refractivity contribution in [1.82, 2.24) is 15.5 Å².